The summed E-state index contributed by atoms with van der Waals surface area (Å²) < 4.78 is 6.73. The molecule has 164 valence electrons. The Morgan fingerprint density at radius 3 is 2.03 bits per heavy atom. The molecule has 3 aromatic rings. The standard InChI is InChI=1S/C28H29NO3/c1-21-25(22-12-5-2-6-13-22)20-29(30)32-27(21)31-26-18-11-19-28(26,23-14-7-3-8-15-23)24-16-9-4-10-17-24/h2-10,12-17,20-21,25-27H,11,18-19H2,1H3/t21-,25+,26-,27-/m1/s1. The van der Waals surface area contributed by atoms with E-state index in [0.29, 0.717) is 4.90 Å². The number of ether oxygens (including phenoxy) is 1. The van der Waals surface area contributed by atoms with Gasteiger partial charge in [0, 0.05) is 16.2 Å². The molecule has 1 aliphatic carbocycles. The van der Waals surface area contributed by atoms with E-state index in [0.717, 1.165) is 24.8 Å². The van der Waals surface area contributed by atoms with Crippen molar-refractivity contribution < 1.29 is 14.5 Å². The maximum Gasteiger partial charge on any atom is 0.218 e. The third kappa shape index (κ3) is 3.69. The van der Waals surface area contributed by atoms with Crippen LogP contribution in [0.4, 0.5) is 0 Å². The molecule has 0 saturated heterocycles. The van der Waals surface area contributed by atoms with Gasteiger partial charge in [0.05, 0.1) is 12.0 Å². The van der Waals surface area contributed by atoms with Gasteiger partial charge < -0.3 is 9.57 Å². The monoisotopic (exact) mass is 427 g/mol. The van der Waals surface area contributed by atoms with E-state index in [9.17, 15) is 5.21 Å². The molecule has 5 rings (SSSR count). The molecular weight excluding hydrogens is 398 g/mol. The topological polar surface area (TPSA) is 44.5 Å². The molecule has 1 fully saturated rings. The van der Waals surface area contributed by atoms with Gasteiger partial charge in [-0.05, 0) is 36.0 Å². The second-order valence-electron chi connectivity index (χ2n) is 8.92. The number of hydrogen-bond acceptors (Lipinski definition) is 3. The second kappa shape index (κ2) is 8.79. The first-order chi connectivity index (χ1) is 15.7. The van der Waals surface area contributed by atoms with Crippen LogP contribution in [0.15, 0.2) is 91.0 Å². The van der Waals surface area contributed by atoms with E-state index in [4.69, 9.17) is 9.57 Å². The van der Waals surface area contributed by atoms with E-state index in [1.807, 2.05) is 18.2 Å². The van der Waals surface area contributed by atoms with Crippen LogP contribution in [0.2, 0.25) is 0 Å². The van der Waals surface area contributed by atoms with Gasteiger partial charge in [-0.2, -0.15) is 0 Å². The highest BCUT2D eigenvalue weighted by atomic mass is 16.9. The van der Waals surface area contributed by atoms with E-state index < -0.39 is 6.29 Å². The Balaban J connectivity index is 1.49. The van der Waals surface area contributed by atoms with Gasteiger partial charge in [-0.1, -0.05) is 97.9 Å². The van der Waals surface area contributed by atoms with Crippen molar-refractivity contribution in [2.24, 2.45) is 5.92 Å². The Bertz CT molecular complexity index is 1010. The predicted octanol–water partition coefficient (Wildman–Crippen LogP) is 5.81. The zero-order valence-electron chi connectivity index (χ0n) is 18.3. The van der Waals surface area contributed by atoms with E-state index in [2.05, 4.69) is 79.7 Å². The maximum atomic E-state index is 12.4. The molecule has 1 saturated carbocycles. The van der Waals surface area contributed by atoms with E-state index >= 15 is 0 Å². The van der Waals surface area contributed by atoms with Crippen molar-refractivity contribution >= 4 is 6.21 Å². The molecule has 0 bridgehead atoms. The van der Waals surface area contributed by atoms with Crippen molar-refractivity contribution in [3.05, 3.63) is 113 Å². The maximum absolute atomic E-state index is 12.4. The summed E-state index contributed by atoms with van der Waals surface area (Å²) >= 11 is 0. The lowest BCUT2D eigenvalue weighted by Crippen LogP contribution is -2.46. The van der Waals surface area contributed by atoms with Gasteiger partial charge >= 0.3 is 0 Å². The van der Waals surface area contributed by atoms with Crippen LogP contribution in [0.25, 0.3) is 0 Å². The predicted molar refractivity (Wildman–Crippen MR) is 125 cm³/mol. The summed E-state index contributed by atoms with van der Waals surface area (Å²) in [6.45, 7) is 2.10. The molecule has 3 aromatic carbocycles. The van der Waals surface area contributed by atoms with Crippen molar-refractivity contribution in [1.82, 2.24) is 0 Å². The number of nitrogens with zero attached hydrogens (tertiary/aromatic N) is 1. The molecule has 4 atom stereocenters. The summed E-state index contributed by atoms with van der Waals surface area (Å²) in [6.07, 6.45) is 3.90. The Hall–Kier alpha value is -3.11. The van der Waals surface area contributed by atoms with Crippen LogP contribution in [-0.4, -0.2) is 23.5 Å². The second-order valence-corrected chi connectivity index (χ2v) is 8.92. The van der Waals surface area contributed by atoms with Crippen LogP contribution in [-0.2, 0) is 15.0 Å². The summed E-state index contributed by atoms with van der Waals surface area (Å²) in [7, 11) is 0. The molecule has 2 aliphatic rings. The highest BCUT2D eigenvalue weighted by Gasteiger charge is 2.48. The van der Waals surface area contributed by atoms with Crippen LogP contribution >= 0.6 is 0 Å². The van der Waals surface area contributed by atoms with Gasteiger partial charge in [0.15, 0.2) is 6.29 Å². The molecule has 4 nitrogen and oxygen atoms in total. The SMILES string of the molecule is C[C@H]1[C@H](O[C@@H]2CCCC2(c2ccccc2)c2ccccc2)O[N+]([O-])=C[C@@H]1c1ccccc1. The molecule has 0 spiro atoms. The highest BCUT2D eigenvalue weighted by Crippen LogP contribution is 2.49. The fourth-order valence-corrected chi connectivity index (χ4v) is 5.50. The third-order valence-corrected chi connectivity index (χ3v) is 7.13. The molecule has 1 aliphatic heterocycles. The van der Waals surface area contributed by atoms with Gasteiger partial charge in [0.25, 0.3) is 0 Å². The van der Waals surface area contributed by atoms with Gasteiger partial charge in [0.2, 0.25) is 6.21 Å². The summed E-state index contributed by atoms with van der Waals surface area (Å²) in [4.78, 5) is 6.26. The molecule has 0 radical (unpaired) electrons. The fraction of sp³-hybridized carbons (Fsp3) is 0.321. The molecule has 1 heterocycles. The molecule has 0 amide bonds. The van der Waals surface area contributed by atoms with Gasteiger partial charge in [0.1, 0.15) is 0 Å². The van der Waals surface area contributed by atoms with E-state index in [-0.39, 0.29) is 23.4 Å². The van der Waals surface area contributed by atoms with Crippen molar-refractivity contribution in [3.63, 3.8) is 0 Å². The van der Waals surface area contributed by atoms with Crippen LogP contribution in [0.5, 0.6) is 0 Å². The first-order valence-electron chi connectivity index (χ1n) is 11.5. The summed E-state index contributed by atoms with van der Waals surface area (Å²) in [6, 6.07) is 31.4. The smallest absolute Gasteiger partial charge is 0.218 e. The lowest BCUT2D eigenvalue weighted by molar-refractivity contribution is -0.772. The van der Waals surface area contributed by atoms with E-state index in [1.165, 1.54) is 11.1 Å². The normalized spacial score (nSPS) is 26.8. The van der Waals surface area contributed by atoms with Crippen molar-refractivity contribution in [2.45, 2.75) is 49.9 Å². The van der Waals surface area contributed by atoms with Crippen LogP contribution in [0.1, 0.15) is 48.8 Å². The number of hydrogen-bond donors (Lipinski definition) is 0. The van der Waals surface area contributed by atoms with E-state index in [1.54, 1.807) is 6.21 Å². The first-order valence-corrected chi connectivity index (χ1v) is 11.5. The van der Waals surface area contributed by atoms with Crippen molar-refractivity contribution in [2.75, 3.05) is 0 Å². The highest BCUT2D eigenvalue weighted by molar-refractivity contribution is 5.64. The average Bonchev–Trinajstić information content (AvgIpc) is 3.27. The lowest BCUT2D eigenvalue weighted by atomic mass is 9.71. The largest absolute Gasteiger partial charge is 0.372 e. The molecule has 0 N–H and O–H groups in total. The number of rotatable bonds is 5. The lowest BCUT2D eigenvalue weighted by Gasteiger charge is -2.41. The zero-order valence-corrected chi connectivity index (χ0v) is 18.3. The van der Waals surface area contributed by atoms with Gasteiger partial charge in [-0.15, -0.1) is 0 Å². The number of benzene rings is 3. The Morgan fingerprint density at radius 2 is 1.44 bits per heavy atom. The van der Waals surface area contributed by atoms with Crippen LogP contribution in [0.3, 0.4) is 0 Å². The zero-order chi connectivity index (χ0) is 22.0. The van der Waals surface area contributed by atoms with Crippen molar-refractivity contribution in [3.8, 4) is 0 Å². The first kappa shape index (κ1) is 20.8. The molecular formula is C28H29NO3. The fourth-order valence-electron chi connectivity index (χ4n) is 5.50. The summed E-state index contributed by atoms with van der Waals surface area (Å²) in [5, 5.41) is 12.4. The van der Waals surface area contributed by atoms with Crippen LogP contribution in [0, 0.1) is 11.1 Å². The quantitative estimate of drug-likeness (QED) is 0.482. The Kier molecular flexibility index (Phi) is 5.71. The van der Waals surface area contributed by atoms with Gasteiger partial charge in [-0.25, -0.2) is 0 Å². The minimum Gasteiger partial charge on any atom is -0.372 e. The third-order valence-electron chi connectivity index (χ3n) is 7.13. The van der Waals surface area contributed by atoms with Gasteiger partial charge in [-0.3, -0.25) is 5.21 Å². The molecule has 0 unspecified atom stereocenters. The Morgan fingerprint density at radius 1 is 0.875 bits per heavy atom. The minimum absolute atomic E-state index is 0.00690. The minimum atomic E-state index is -0.613. The summed E-state index contributed by atoms with van der Waals surface area (Å²) in [5.74, 6) is -0.0517. The summed E-state index contributed by atoms with van der Waals surface area (Å²) in [5.41, 5.74) is 3.34. The van der Waals surface area contributed by atoms with Crippen molar-refractivity contribution in [1.29, 1.82) is 0 Å². The Labute approximate surface area is 189 Å². The molecule has 32 heavy (non-hydrogen) atoms. The average molecular weight is 428 g/mol. The van der Waals surface area contributed by atoms with Crippen LogP contribution < -0.4 is 0 Å². The molecule has 4 heteroatoms. The molecule has 0 aromatic heterocycles.